The molecule has 1 aromatic carbocycles. The highest BCUT2D eigenvalue weighted by atomic mass is 79.9. The Morgan fingerprint density at radius 2 is 2.12 bits per heavy atom. The molecule has 6 heteroatoms. The highest BCUT2D eigenvalue weighted by Crippen LogP contribution is 2.26. The Hall–Kier alpha value is -0.100. The SMILES string of the molecule is Clc1ncc(CNc2ccc(Br)c(Br)c2)s1. The van der Waals surface area contributed by atoms with Gasteiger partial charge in [-0.1, -0.05) is 11.6 Å². The molecule has 0 spiro atoms. The molecule has 0 radical (unpaired) electrons. The Balaban J connectivity index is 2.02. The van der Waals surface area contributed by atoms with Crippen molar-refractivity contribution in [3.63, 3.8) is 0 Å². The first-order valence-corrected chi connectivity index (χ1v) is 7.22. The van der Waals surface area contributed by atoms with E-state index in [1.807, 2.05) is 18.2 Å². The first-order chi connectivity index (χ1) is 7.65. The van der Waals surface area contributed by atoms with Gasteiger partial charge in [-0.05, 0) is 50.1 Å². The van der Waals surface area contributed by atoms with Crippen molar-refractivity contribution in [1.82, 2.24) is 4.98 Å². The van der Waals surface area contributed by atoms with Crippen molar-refractivity contribution in [2.45, 2.75) is 6.54 Å². The largest absolute Gasteiger partial charge is 0.380 e. The van der Waals surface area contributed by atoms with E-state index in [0.29, 0.717) is 4.47 Å². The number of benzene rings is 1. The van der Waals surface area contributed by atoms with Crippen LogP contribution in [0.4, 0.5) is 5.69 Å². The number of anilines is 1. The summed E-state index contributed by atoms with van der Waals surface area (Å²) in [4.78, 5) is 5.10. The normalized spacial score (nSPS) is 10.4. The summed E-state index contributed by atoms with van der Waals surface area (Å²) in [5.41, 5.74) is 1.06. The lowest BCUT2D eigenvalue weighted by atomic mass is 10.3. The van der Waals surface area contributed by atoms with Gasteiger partial charge < -0.3 is 5.32 Å². The molecule has 0 atom stereocenters. The third-order valence-electron chi connectivity index (χ3n) is 1.91. The molecule has 1 heterocycles. The lowest BCUT2D eigenvalue weighted by Gasteiger charge is -2.05. The van der Waals surface area contributed by atoms with Gasteiger partial charge in [-0.25, -0.2) is 4.98 Å². The molecule has 0 fully saturated rings. The number of hydrogen-bond donors (Lipinski definition) is 1. The summed E-state index contributed by atoms with van der Waals surface area (Å²) in [5.74, 6) is 0. The number of halogens is 3. The van der Waals surface area contributed by atoms with Crippen molar-refractivity contribution in [2.24, 2.45) is 0 Å². The van der Waals surface area contributed by atoms with E-state index in [2.05, 4.69) is 42.2 Å². The van der Waals surface area contributed by atoms with Gasteiger partial charge in [0.25, 0.3) is 0 Å². The minimum absolute atomic E-state index is 0.578. The van der Waals surface area contributed by atoms with Crippen molar-refractivity contribution in [3.8, 4) is 0 Å². The smallest absolute Gasteiger partial charge is 0.183 e. The number of thiazole rings is 1. The molecule has 0 aliphatic heterocycles. The Labute approximate surface area is 119 Å². The third kappa shape index (κ3) is 3.20. The molecule has 0 amide bonds. The fraction of sp³-hybridized carbons (Fsp3) is 0.100. The molecule has 0 aliphatic rings. The van der Waals surface area contributed by atoms with E-state index in [4.69, 9.17) is 11.6 Å². The Morgan fingerprint density at radius 1 is 1.31 bits per heavy atom. The van der Waals surface area contributed by atoms with Crippen LogP contribution in [-0.2, 0) is 6.54 Å². The van der Waals surface area contributed by atoms with E-state index in [1.165, 1.54) is 11.3 Å². The molecule has 1 aromatic heterocycles. The Morgan fingerprint density at radius 3 is 2.75 bits per heavy atom. The maximum Gasteiger partial charge on any atom is 0.183 e. The van der Waals surface area contributed by atoms with Crippen molar-refractivity contribution in [3.05, 3.63) is 42.7 Å². The van der Waals surface area contributed by atoms with E-state index < -0.39 is 0 Å². The number of nitrogens with one attached hydrogen (secondary N) is 1. The zero-order valence-electron chi connectivity index (χ0n) is 8.01. The Kier molecular flexibility index (Phi) is 4.24. The van der Waals surface area contributed by atoms with E-state index in [-0.39, 0.29) is 0 Å². The molecule has 2 nitrogen and oxygen atoms in total. The summed E-state index contributed by atoms with van der Waals surface area (Å²) in [6.45, 7) is 0.735. The molecule has 0 unspecified atom stereocenters. The number of rotatable bonds is 3. The van der Waals surface area contributed by atoms with Crippen LogP contribution in [0, 0.1) is 0 Å². The quantitative estimate of drug-likeness (QED) is 0.814. The summed E-state index contributed by atoms with van der Waals surface area (Å²) >= 11 is 14.1. The second-order valence-electron chi connectivity index (χ2n) is 3.06. The summed E-state index contributed by atoms with van der Waals surface area (Å²) in [6, 6.07) is 6.02. The average Bonchev–Trinajstić information content (AvgIpc) is 2.66. The van der Waals surface area contributed by atoms with Crippen molar-refractivity contribution in [1.29, 1.82) is 0 Å². The van der Waals surface area contributed by atoms with Gasteiger partial charge in [0.15, 0.2) is 4.47 Å². The van der Waals surface area contributed by atoms with Gasteiger partial charge in [0.05, 0.1) is 6.54 Å². The molecule has 0 saturated carbocycles. The Bertz CT molecular complexity index is 501. The van der Waals surface area contributed by atoms with E-state index in [9.17, 15) is 0 Å². The van der Waals surface area contributed by atoms with E-state index in [1.54, 1.807) is 6.20 Å². The second kappa shape index (κ2) is 5.49. The minimum Gasteiger partial charge on any atom is -0.380 e. The monoisotopic (exact) mass is 380 g/mol. The van der Waals surface area contributed by atoms with Gasteiger partial charge in [0.1, 0.15) is 0 Å². The molecule has 0 bridgehead atoms. The molecular weight excluding hydrogens is 375 g/mol. The summed E-state index contributed by atoms with van der Waals surface area (Å²) < 4.78 is 2.65. The lowest BCUT2D eigenvalue weighted by molar-refractivity contribution is 1.17. The number of aromatic nitrogens is 1. The standard InChI is InChI=1S/C10H7Br2ClN2S/c11-8-2-1-6(3-9(8)12)14-4-7-5-15-10(13)16-7/h1-3,5,14H,4H2. The van der Waals surface area contributed by atoms with Crippen LogP contribution in [0.3, 0.4) is 0 Å². The van der Waals surface area contributed by atoms with E-state index >= 15 is 0 Å². The average molecular weight is 383 g/mol. The third-order valence-corrected chi connectivity index (χ3v) is 4.91. The summed E-state index contributed by atoms with van der Waals surface area (Å²) in [7, 11) is 0. The van der Waals surface area contributed by atoms with Crippen LogP contribution in [0.2, 0.25) is 4.47 Å². The number of hydrogen-bond acceptors (Lipinski definition) is 3. The zero-order valence-corrected chi connectivity index (χ0v) is 12.8. The fourth-order valence-corrected chi connectivity index (χ4v) is 2.70. The molecule has 2 rings (SSSR count). The molecular formula is C10H7Br2ClN2S. The molecule has 2 aromatic rings. The van der Waals surface area contributed by atoms with Crippen LogP contribution in [0.25, 0.3) is 0 Å². The minimum atomic E-state index is 0.578. The molecule has 0 saturated heterocycles. The van der Waals surface area contributed by atoms with Gasteiger partial charge in [-0.2, -0.15) is 0 Å². The van der Waals surface area contributed by atoms with Crippen LogP contribution in [0.1, 0.15) is 4.88 Å². The molecule has 0 aliphatic carbocycles. The van der Waals surface area contributed by atoms with E-state index in [0.717, 1.165) is 26.1 Å². The first kappa shape index (κ1) is 12.4. The topological polar surface area (TPSA) is 24.9 Å². The van der Waals surface area contributed by atoms with Crippen molar-refractivity contribution >= 4 is 60.5 Å². The lowest BCUT2D eigenvalue weighted by Crippen LogP contribution is -1.97. The maximum absolute atomic E-state index is 5.75. The molecule has 16 heavy (non-hydrogen) atoms. The zero-order chi connectivity index (χ0) is 11.5. The van der Waals surface area contributed by atoms with Crippen LogP contribution < -0.4 is 5.32 Å². The maximum atomic E-state index is 5.75. The van der Waals surface area contributed by atoms with Gasteiger partial charge in [0, 0.05) is 25.7 Å². The molecule has 1 N–H and O–H groups in total. The second-order valence-corrected chi connectivity index (χ2v) is 6.47. The summed E-state index contributed by atoms with van der Waals surface area (Å²) in [6.07, 6.45) is 1.79. The predicted molar refractivity (Wildman–Crippen MR) is 76.3 cm³/mol. The van der Waals surface area contributed by atoms with Crippen molar-refractivity contribution < 1.29 is 0 Å². The first-order valence-electron chi connectivity index (χ1n) is 4.44. The fourth-order valence-electron chi connectivity index (χ4n) is 1.16. The number of nitrogens with zero attached hydrogens (tertiary/aromatic N) is 1. The van der Waals surface area contributed by atoms with Crippen LogP contribution in [-0.4, -0.2) is 4.98 Å². The highest BCUT2D eigenvalue weighted by molar-refractivity contribution is 9.13. The van der Waals surface area contributed by atoms with Crippen LogP contribution in [0.15, 0.2) is 33.3 Å². The predicted octanol–water partition coefficient (Wildman–Crippen LogP) is 4.93. The summed E-state index contributed by atoms with van der Waals surface area (Å²) in [5, 5.41) is 3.30. The van der Waals surface area contributed by atoms with Crippen LogP contribution >= 0.6 is 54.8 Å². The van der Waals surface area contributed by atoms with Gasteiger partial charge in [0.2, 0.25) is 0 Å². The van der Waals surface area contributed by atoms with Gasteiger partial charge in [-0.15, -0.1) is 11.3 Å². The highest BCUT2D eigenvalue weighted by Gasteiger charge is 2.01. The van der Waals surface area contributed by atoms with Crippen molar-refractivity contribution in [2.75, 3.05) is 5.32 Å². The van der Waals surface area contributed by atoms with Gasteiger partial charge >= 0.3 is 0 Å². The van der Waals surface area contributed by atoms with Gasteiger partial charge in [-0.3, -0.25) is 0 Å². The van der Waals surface area contributed by atoms with Crippen LogP contribution in [0.5, 0.6) is 0 Å². The molecule has 84 valence electrons.